The van der Waals surface area contributed by atoms with Crippen molar-refractivity contribution in [1.82, 2.24) is 15.3 Å². The molecule has 2 N–H and O–H groups in total. The molecule has 2 heterocycles. The van der Waals surface area contributed by atoms with Crippen molar-refractivity contribution in [3.8, 4) is 0 Å². The highest BCUT2D eigenvalue weighted by Crippen LogP contribution is 2.55. The quantitative estimate of drug-likeness (QED) is 0.893. The van der Waals surface area contributed by atoms with Gasteiger partial charge < -0.3 is 10.3 Å². The van der Waals surface area contributed by atoms with E-state index in [1.165, 1.54) is 38.5 Å². The Labute approximate surface area is 129 Å². The fourth-order valence-electron chi connectivity index (χ4n) is 5.72. The van der Waals surface area contributed by atoms with E-state index < -0.39 is 0 Å². The zero-order chi connectivity index (χ0) is 14.7. The maximum Gasteiger partial charge on any atom is 0.253 e. The number of aromatic nitrogens is 2. The largest absolute Gasteiger partial charge is 0.360 e. The van der Waals surface area contributed by atoms with Crippen molar-refractivity contribution in [2.24, 2.45) is 17.8 Å². The topological polar surface area (TPSA) is 57.8 Å². The molecule has 0 aliphatic heterocycles. The van der Waals surface area contributed by atoms with Gasteiger partial charge in [0.1, 0.15) is 0 Å². The Balaban J connectivity index is 1.45. The minimum atomic E-state index is 0.0671. The summed E-state index contributed by atoms with van der Waals surface area (Å²) in [5, 5.41) is 4.35. The first kappa shape index (κ1) is 12.7. The van der Waals surface area contributed by atoms with Crippen molar-refractivity contribution < 1.29 is 4.79 Å². The number of carbonyl (C=O) groups is 1. The van der Waals surface area contributed by atoms with E-state index in [0.29, 0.717) is 0 Å². The zero-order valence-corrected chi connectivity index (χ0v) is 12.6. The molecule has 0 saturated heterocycles. The van der Waals surface area contributed by atoms with Crippen LogP contribution in [0, 0.1) is 17.8 Å². The molecule has 114 valence electrons. The van der Waals surface area contributed by atoms with E-state index in [0.717, 1.165) is 34.2 Å². The highest BCUT2D eigenvalue weighted by Gasteiger charge is 2.51. The van der Waals surface area contributed by atoms with Crippen molar-refractivity contribution in [2.45, 2.75) is 44.1 Å². The van der Waals surface area contributed by atoms with Crippen molar-refractivity contribution in [2.75, 3.05) is 0 Å². The Morgan fingerprint density at radius 3 is 2.55 bits per heavy atom. The van der Waals surface area contributed by atoms with E-state index in [4.69, 9.17) is 0 Å². The van der Waals surface area contributed by atoms with Gasteiger partial charge in [0.2, 0.25) is 0 Å². The van der Waals surface area contributed by atoms with Crippen LogP contribution in [-0.2, 0) is 0 Å². The summed E-state index contributed by atoms with van der Waals surface area (Å²) in [7, 11) is 0. The number of pyridine rings is 1. The maximum absolute atomic E-state index is 12.8. The van der Waals surface area contributed by atoms with Crippen LogP contribution in [0.25, 0.3) is 10.9 Å². The van der Waals surface area contributed by atoms with E-state index in [-0.39, 0.29) is 11.4 Å². The summed E-state index contributed by atoms with van der Waals surface area (Å²) in [5.41, 5.74) is 1.78. The fraction of sp³-hybridized carbons (Fsp3) is 0.556. The van der Waals surface area contributed by atoms with Gasteiger partial charge in [0.15, 0.2) is 0 Å². The average molecular weight is 295 g/mol. The Kier molecular flexibility index (Phi) is 2.50. The van der Waals surface area contributed by atoms with E-state index in [1.807, 2.05) is 12.3 Å². The van der Waals surface area contributed by atoms with Gasteiger partial charge in [-0.1, -0.05) is 0 Å². The molecular formula is C18H21N3O. The SMILES string of the molecule is O=C(NC12CC3CC(CC(C3)C1)C2)c1c[nH]c2ccncc12. The van der Waals surface area contributed by atoms with Crippen LogP contribution in [0.1, 0.15) is 48.9 Å². The molecule has 0 spiro atoms. The highest BCUT2D eigenvalue weighted by atomic mass is 16.1. The molecule has 4 fully saturated rings. The van der Waals surface area contributed by atoms with Crippen LogP contribution in [0.3, 0.4) is 0 Å². The third-order valence-electron chi connectivity index (χ3n) is 6.14. The highest BCUT2D eigenvalue weighted by molar-refractivity contribution is 6.06. The van der Waals surface area contributed by atoms with Crippen LogP contribution >= 0.6 is 0 Å². The standard InChI is InChI=1S/C18H21N3O/c22-17(15-10-20-16-1-2-19-9-14(15)16)21-18-6-11-3-12(7-18)5-13(4-11)8-18/h1-2,9-13,20H,3-8H2,(H,21,22). The molecule has 22 heavy (non-hydrogen) atoms. The molecule has 6 rings (SSSR count). The Bertz CT molecular complexity index is 712. The Morgan fingerprint density at radius 1 is 1.18 bits per heavy atom. The van der Waals surface area contributed by atoms with Crippen LogP contribution in [-0.4, -0.2) is 21.4 Å². The van der Waals surface area contributed by atoms with Crippen molar-refractivity contribution >= 4 is 16.8 Å². The Morgan fingerprint density at radius 2 is 1.86 bits per heavy atom. The number of aromatic amines is 1. The van der Waals surface area contributed by atoms with Crippen LogP contribution in [0.4, 0.5) is 0 Å². The van der Waals surface area contributed by atoms with Gasteiger partial charge in [-0.15, -0.1) is 0 Å². The van der Waals surface area contributed by atoms with Gasteiger partial charge >= 0.3 is 0 Å². The van der Waals surface area contributed by atoms with Crippen LogP contribution < -0.4 is 5.32 Å². The molecule has 4 saturated carbocycles. The molecule has 4 aliphatic rings. The fourth-order valence-corrected chi connectivity index (χ4v) is 5.72. The number of H-pyrrole nitrogens is 1. The number of amides is 1. The first-order valence-corrected chi connectivity index (χ1v) is 8.44. The summed E-state index contributed by atoms with van der Waals surface area (Å²) in [6.45, 7) is 0. The molecule has 4 bridgehead atoms. The minimum Gasteiger partial charge on any atom is -0.360 e. The van der Waals surface area contributed by atoms with Gasteiger partial charge in [0.05, 0.1) is 5.56 Å². The zero-order valence-electron chi connectivity index (χ0n) is 12.6. The summed E-state index contributed by atoms with van der Waals surface area (Å²) in [4.78, 5) is 20.2. The van der Waals surface area contributed by atoms with Gasteiger partial charge in [-0.25, -0.2) is 0 Å². The molecule has 0 aromatic carbocycles. The number of fused-ring (bicyclic) bond motifs is 1. The lowest BCUT2D eigenvalue weighted by molar-refractivity contribution is -0.0166. The van der Waals surface area contributed by atoms with Crippen molar-refractivity contribution in [3.63, 3.8) is 0 Å². The smallest absolute Gasteiger partial charge is 0.253 e. The number of hydrogen-bond acceptors (Lipinski definition) is 2. The molecule has 4 heteroatoms. The average Bonchev–Trinajstić information content (AvgIpc) is 2.89. The van der Waals surface area contributed by atoms with Crippen molar-refractivity contribution in [3.05, 3.63) is 30.2 Å². The van der Waals surface area contributed by atoms with E-state index in [2.05, 4.69) is 15.3 Å². The molecule has 0 atom stereocenters. The van der Waals surface area contributed by atoms with Crippen LogP contribution in [0.5, 0.6) is 0 Å². The lowest BCUT2D eigenvalue weighted by Gasteiger charge is -2.56. The molecule has 0 unspecified atom stereocenters. The summed E-state index contributed by atoms with van der Waals surface area (Å²) >= 11 is 0. The molecular weight excluding hydrogens is 274 g/mol. The second-order valence-corrected chi connectivity index (χ2v) is 7.78. The van der Waals surface area contributed by atoms with E-state index >= 15 is 0 Å². The predicted octanol–water partition coefficient (Wildman–Crippen LogP) is 3.26. The number of nitrogens with zero attached hydrogens (tertiary/aromatic N) is 1. The van der Waals surface area contributed by atoms with Crippen molar-refractivity contribution in [1.29, 1.82) is 0 Å². The number of rotatable bonds is 2. The lowest BCUT2D eigenvalue weighted by Crippen LogP contribution is -2.59. The summed E-state index contributed by atoms with van der Waals surface area (Å²) in [6.07, 6.45) is 13.1. The van der Waals surface area contributed by atoms with Gasteiger partial charge in [-0.05, 0) is 62.3 Å². The normalized spacial score (nSPS) is 35.9. The van der Waals surface area contributed by atoms with Gasteiger partial charge in [0.25, 0.3) is 5.91 Å². The second-order valence-electron chi connectivity index (χ2n) is 7.78. The third kappa shape index (κ3) is 1.82. The number of nitrogens with one attached hydrogen (secondary N) is 2. The molecule has 4 nitrogen and oxygen atoms in total. The molecule has 4 aliphatic carbocycles. The third-order valence-corrected chi connectivity index (χ3v) is 6.14. The number of carbonyl (C=O) groups excluding carboxylic acids is 1. The summed E-state index contributed by atoms with van der Waals surface area (Å²) in [5.74, 6) is 2.60. The first-order valence-electron chi connectivity index (χ1n) is 8.44. The molecule has 0 radical (unpaired) electrons. The summed E-state index contributed by atoms with van der Waals surface area (Å²) < 4.78 is 0. The monoisotopic (exact) mass is 295 g/mol. The van der Waals surface area contributed by atoms with E-state index in [1.54, 1.807) is 12.4 Å². The lowest BCUT2D eigenvalue weighted by atomic mass is 9.53. The van der Waals surface area contributed by atoms with Crippen LogP contribution in [0.15, 0.2) is 24.7 Å². The van der Waals surface area contributed by atoms with Gasteiger partial charge in [-0.2, -0.15) is 0 Å². The Hall–Kier alpha value is -1.84. The number of hydrogen-bond donors (Lipinski definition) is 2. The first-order chi connectivity index (χ1) is 10.7. The predicted molar refractivity (Wildman–Crippen MR) is 84.5 cm³/mol. The van der Waals surface area contributed by atoms with Gasteiger partial charge in [-0.3, -0.25) is 9.78 Å². The summed E-state index contributed by atoms with van der Waals surface area (Å²) in [6, 6.07) is 1.91. The minimum absolute atomic E-state index is 0.0671. The second kappa shape index (κ2) is 4.34. The maximum atomic E-state index is 12.8. The molecule has 2 aromatic rings. The molecule has 2 aromatic heterocycles. The van der Waals surface area contributed by atoms with E-state index in [9.17, 15) is 4.79 Å². The molecule has 1 amide bonds. The van der Waals surface area contributed by atoms with Crippen LogP contribution in [0.2, 0.25) is 0 Å². The van der Waals surface area contributed by atoms with Gasteiger partial charge in [0, 0.05) is 35.0 Å².